The number of aryl methyl sites for hydroxylation is 1. The molecule has 13 heavy (non-hydrogen) atoms. The third-order valence-electron chi connectivity index (χ3n) is 2.84. The molecule has 0 saturated carbocycles. The molecule has 0 fully saturated rings. The van der Waals surface area contributed by atoms with Gasteiger partial charge in [0.25, 0.3) is 0 Å². The van der Waals surface area contributed by atoms with E-state index in [4.69, 9.17) is 4.74 Å². The maximum Gasteiger partial charge on any atom is 0.163 e. The Hall–Kier alpha value is -1.31. The molecule has 0 bridgehead atoms. The lowest BCUT2D eigenvalue weighted by molar-refractivity contribution is 0.0994. The van der Waals surface area contributed by atoms with Crippen LogP contribution in [0.5, 0.6) is 5.75 Å². The van der Waals surface area contributed by atoms with E-state index in [9.17, 15) is 4.79 Å². The number of benzene rings is 1. The van der Waals surface area contributed by atoms with Crippen LogP contribution in [0.3, 0.4) is 0 Å². The van der Waals surface area contributed by atoms with Gasteiger partial charge in [0.1, 0.15) is 5.75 Å². The largest absolute Gasteiger partial charge is 0.493 e. The number of hydrogen-bond acceptors (Lipinski definition) is 2. The first-order valence-electron chi connectivity index (χ1n) is 4.66. The fourth-order valence-electron chi connectivity index (χ4n) is 2.12. The summed E-state index contributed by atoms with van der Waals surface area (Å²) in [6, 6.07) is 4.07. The van der Waals surface area contributed by atoms with Crippen LogP contribution in [-0.2, 0) is 12.8 Å². The molecule has 3 rings (SSSR count). The Morgan fingerprint density at radius 1 is 1.08 bits per heavy atom. The highest BCUT2D eigenvalue weighted by Gasteiger charge is 2.23. The van der Waals surface area contributed by atoms with Gasteiger partial charge >= 0.3 is 0 Å². The molecule has 1 heterocycles. The summed E-state index contributed by atoms with van der Waals surface area (Å²) in [5, 5.41) is 0. The second-order valence-electron chi connectivity index (χ2n) is 3.64. The van der Waals surface area contributed by atoms with Crippen LogP contribution in [-0.4, -0.2) is 12.4 Å². The first kappa shape index (κ1) is 7.13. The number of fused-ring (bicyclic) bond motifs is 2. The fraction of sp³-hybridized carbons (Fsp3) is 0.364. The van der Waals surface area contributed by atoms with Crippen molar-refractivity contribution in [1.82, 2.24) is 0 Å². The van der Waals surface area contributed by atoms with Gasteiger partial charge in [-0.3, -0.25) is 4.79 Å². The number of ether oxygens (including phenoxy) is 1. The summed E-state index contributed by atoms with van der Waals surface area (Å²) in [7, 11) is 0. The normalized spacial score (nSPS) is 18.3. The lowest BCUT2D eigenvalue weighted by Crippen LogP contribution is -1.92. The zero-order chi connectivity index (χ0) is 8.84. The van der Waals surface area contributed by atoms with Crippen molar-refractivity contribution in [2.45, 2.75) is 19.3 Å². The van der Waals surface area contributed by atoms with Crippen LogP contribution < -0.4 is 4.74 Å². The lowest BCUT2D eigenvalue weighted by atomic mass is 10.0. The Morgan fingerprint density at radius 3 is 2.92 bits per heavy atom. The molecule has 0 saturated heterocycles. The van der Waals surface area contributed by atoms with Crippen molar-refractivity contribution in [3.8, 4) is 5.75 Å². The predicted octanol–water partition coefficient (Wildman–Crippen LogP) is 1.75. The molecule has 1 aromatic carbocycles. The molecule has 1 aliphatic heterocycles. The van der Waals surface area contributed by atoms with Gasteiger partial charge in [-0.05, 0) is 29.7 Å². The molecule has 0 atom stereocenters. The standard InChI is InChI=1S/C11H10O2/c12-10-2-1-7-6-11-8(3-4-13-11)5-9(7)10/h5-6H,1-4H2. The monoisotopic (exact) mass is 174 g/mol. The van der Waals surface area contributed by atoms with Crippen molar-refractivity contribution in [2.24, 2.45) is 0 Å². The van der Waals surface area contributed by atoms with E-state index in [-0.39, 0.29) is 0 Å². The van der Waals surface area contributed by atoms with Gasteiger partial charge in [0.05, 0.1) is 6.61 Å². The Morgan fingerprint density at radius 2 is 2.00 bits per heavy atom. The van der Waals surface area contributed by atoms with Crippen molar-refractivity contribution in [3.05, 3.63) is 28.8 Å². The second kappa shape index (κ2) is 2.34. The van der Waals surface area contributed by atoms with Crippen LogP contribution in [0.25, 0.3) is 0 Å². The third-order valence-corrected chi connectivity index (χ3v) is 2.84. The summed E-state index contributed by atoms with van der Waals surface area (Å²) >= 11 is 0. The summed E-state index contributed by atoms with van der Waals surface area (Å²) in [5.74, 6) is 1.29. The summed E-state index contributed by atoms with van der Waals surface area (Å²) < 4.78 is 5.45. The molecule has 1 aromatic rings. The molecule has 0 unspecified atom stereocenters. The van der Waals surface area contributed by atoms with Gasteiger partial charge in [0.15, 0.2) is 5.78 Å². The van der Waals surface area contributed by atoms with Crippen LogP contribution >= 0.6 is 0 Å². The highest BCUT2D eigenvalue weighted by Crippen LogP contribution is 2.32. The van der Waals surface area contributed by atoms with Crippen LogP contribution in [0.2, 0.25) is 0 Å². The predicted molar refractivity (Wildman–Crippen MR) is 48.3 cm³/mol. The number of hydrogen-bond donors (Lipinski definition) is 0. The smallest absolute Gasteiger partial charge is 0.163 e. The van der Waals surface area contributed by atoms with Gasteiger partial charge in [-0.2, -0.15) is 0 Å². The average Bonchev–Trinajstić information content (AvgIpc) is 2.70. The van der Waals surface area contributed by atoms with Crippen LogP contribution in [0.15, 0.2) is 12.1 Å². The zero-order valence-electron chi connectivity index (χ0n) is 7.30. The van der Waals surface area contributed by atoms with E-state index in [0.29, 0.717) is 12.2 Å². The molecule has 66 valence electrons. The number of carbonyl (C=O) groups excluding carboxylic acids is 1. The first-order chi connectivity index (χ1) is 6.34. The summed E-state index contributed by atoms with van der Waals surface area (Å²) in [4.78, 5) is 11.4. The molecule has 0 spiro atoms. The van der Waals surface area contributed by atoms with Gasteiger partial charge in [-0.1, -0.05) is 0 Å². The van der Waals surface area contributed by atoms with Gasteiger partial charge in [-0.25, -0.2) is 0 Å². The van der Waals surface area contributed by atoms with E-state index < -0.39 is 0 Å². The van der Waals surface area contributed by atoms with Crippen molar-refractivity contribution in [3.63, 3.8) is 0 Å². The van der Waals surface area contributed by atoms with Gasteiger partial charge in [0.2, 0.25) is 0 Å². The van der Waals surface area contributed by atoms with Crippen molar-refractivity contribution >= 4 is 5.78 Å². The van der Waals surface area contributed by atoms with E-state index in [0.717, 1.165) is 30.8 Å². The van der Waals surface area contributed by atoms with Crippen LogP contribution in [0, 0.1) is 0 Å². The van der Waals surface area contributed by atoms with Crippen LogP contribution in [0.1, 0.15) is 27.9 Å². The molecule has 2 heteroatoms. The summed E-state index contributed by atoms with van der Waals surface area (Å²) in [6.45, 7) is 0.770. The number of Topliss-reactive ketones (excluding diaryl/α,β-unsaturated/α-hetero) is 1. The van der Waals surface area contributed by atoms with Gasteiger partial charge in [-0.15, -0.1) is 0 Å². The van der Waals surface area contributed by atoms with E-state index in [2.05, 4.69) is 0 Å². The van der Waals surface area contributed by atoms with Crippen molar-refractivity contribution in [2.75, 3.05) is 6.61 Å². The molecule has 0 aromatic heterocycles. The molecule has 1 aliphatic carbocycles. The first-order valence-corrected chi connectivity index (χ1v) is 4.66. The molecule has 2 nitrogen and oxygen atoms in total. The topological polar surface area (TPSA) is 26.3 Å². The van der Waals surface area contributed by atoms with Gasteiger partial charge in [0, 0.05) is 18.4 Å². The van der Waals surface area contributed by atoms with Crippen molar-refractivity contribution in [1.29, 1.82) is 0 Å². The minimum absolute atomic E-state index is 0.296. The van der Waals surface area contributed by atoms with Crippen LogP contribution in [0.4, 0.5) is 0 Å². The number of carbonyl (C=O) groups is 1. The van der Waals surface area contributed by atoms with Crippen molar-refractivity contribution < 1.29 is 9.53 Å². The number of rotatable bonds is 0. The van der Waals surface area contributed by atoms with E-state index in [1.807, 2.05) is 12.1 Å². The Bertz CT molecular complexity index is 393. The molecule has 0 radical (unpaired) electrons. The Labute approximate surface area is 76.5 Å². The molecule has 0 N–H and O–H groups in total. The minimum Gasteiger partial charge on any atom is -0.493 e. The highest BCUT2D eigenvalue weighted by molar-refractivity contribution is 6.00. The SMILES string of the molecule is O=C1CCc2cc3c(cc21)CCO3. The summed E-state index contributed by atoms with van der Waals surface area (Å²) in [6.07, 6.45) is 2.53. The zero-order valence-corrected chi connectivity index (χ0v) is 7.30. The average molecular weight is 174 g/mol. The molecule has 2 aliphatic rings. The molecular weight excluding hydrogens is 164 g/mol. The third kappa shape index (κ3) is 0.916. The molecular formula is C11H10O2. The summed E-state index contributed by atoms with van der Waals surface area (Å²) in [5.41, 5.74) is 3.31. The second-order valence-corrected chi connectivity index (χ2v) is 3.64. The van der Waals surface area contributed by atoms with E-state index >= 15 is 0 Å². The maximum absolute atomic E-state index is 11.4. The highest BCUT2D eigenvalue weighted by atomic mass is 16.5. The Kier molecular flexibility index (Phi) is 1.29. The minimum atomic E-state index is 0.296. The number of ketones is 1. The fourth-order valence-corrected chi connectivity index (χ4v) is 2.12. The van der Waals surface area contributed by atoms with E-state index in [1.165, 1.54) is 11.1 Å². The Balaban J connectivity index is 2.22. The van der Waals surface area contributed by atoms with E-state index in [1.54, 1.807) is 0 Å². The van der Waals surface area contributed by atoms with Gasteiger partial charge < -0.3 is 4.74 Å². The maximum atomic E-state index is 11.4. The molecule has 0 amide bonds. The quantitative estimate of drug-likeness (QED) is 0.599. The lowest BCUT2D eigenvalue weighted by Gasteiger charge is -2.02.